The second kappa shape index (κ2) is 5.83. The van der Waals surface area contributed by atoms with E-state index in [0.29, 0.717) is 19.3 Å². The molecule has 0 aromatic heterocycles. The normalized spacial score (nSPS) is 54.8. The molecule has 4 nitrogen and oxygen atoms in total. The first-order chi connectivity index (χ1) is 13.5. The molecule has 29 heavy (non-hydrogen) atoms. The number of aliphatic hydroxyl groups is 1. The summed E-state index contributed by atoms with van der Waals surface area (Å²) in [4.78, 5) is 25.0. The summed E-state index contributed by atoms with van der Waals surface area (Å²) in [6.45, 7) is 5.78. The first-order valence-electron chi connectivity index (χ1n) is 10.2. The molecule has 0 aromatic carbocycles. The fourth-order valence-electron chi connectivity index (χ4n) is 7.62. The molecule has 0 amide bonds. The summed E-state index contributed by atoms with van der Waals surface area (Å²) in [5.74, 6) is -0.572. The maximum absolute atomic E-state index is 17.0. The molecule has 5 aliphatic rings. The summed E-state index contributed by atoms with van der Waals surface area (Å²) < 4.78 is 23.5. The zero-order valence-corrected chi connectivity index (χ0v) is 19.3. The van der Waals surface area contributed by atoms with Crippen LogP contribution in [-0.4, -0.2) is 58.3 Å². The number of aliphatic hydroxyl groups excluding tert-OH is 1. The molecule has 158 valence electrons. The van der Waals surface area contributed by atoms with Gasteiger partial charge in [-0.25, -0.2) is 0 Å². The van der Waals surface area contributed by atoms with Crippen molar-refractivity contribution in [2.75, 3.05) is 4.78 Å². The standard InChI is InChI=1S/C22H26ClFO4Se/c1-18-7-6-13(25)8-12(18)4-5-14-15-9-20(3)22(28-20,17(27)29-11-23)19(15,2)10-16(26)21(14,18)24/h6-8,14-16,26H,4-5,9-11H2,1-3H3/t14-,15-,16-,18-,19-,20+,21-,22-/m0/s1. The van der Waals surface area contributed by atoms with E-state index in [1.54, 1.807) is 12.2 Å². The molecule has 0 radical (unpaired) electrons. The second-order valence-electron chi connectivity index (χ2n) is 10.0. The van der Waals surface area contributed by atoms with E-state index < -0.39 is 54.7 Å². The third-order valence-electron chi connectivity index (χ3n) is 9.00. The van der Waals surface area contributed by atoms with Crippen LogP contribution in [-0.2, 0) is 14.3 Å². The Morgan fingerprint density at radius 2 is 2.07 bits per heavy atom. The van der Waals surface area contributed by atoms with E-state index >= 15 is 4.39 Å². The van der Waals surface area contributed by atoms with Crippen LogP contribution in [0.25, 0.3) is 0 Å². The molecule has 7 heteroatoms. The van der Waals surface area contributed by atoms with Gasteiger partial charge >= 0.3 is 182 Å². The van der Waals surface area contributed by atoms with Gasteiger partial charge in [-0.05, 0) is 0 Å². The van der Waals surface area contributed by atoms with Crippen molar-refractivity contribution in [3.63, 3.8) is 0 Å². The second-order valence-corrected chi connectivity index (χ2v) is 13.0. The molecule has 8 atom stereocenters. The number of halogens is 2. The zero-order chi connectivity index (χ0) is 21.0. The number of rotatable bonds is 3. The first-order valence-corrected chi connectivity index (χ1v) is 12.8. The van der Waals surface area contributed by atoms with Gasteiger partial charge in [0.05, 0.1) is 0 Å². The summed E-state index contributed by atoms with van der Waals surface area (Å²) in [6.07, 6.45) is 5.39. The molecule has 0 aromatic rings. The van der Waals surface area contributed by atoms with Gasteiger partial charge in [-0.15, -0.1) is 0 Å². The molecule has 5 rings (SSSR count). The molecular weight excluding hydrogens is 462 g/mol. The minimum absolute atomic E-state index is 0.0387. The molecule has 1 N–H and O–H groups in total. The number of ketones is 1. The number of fused-ring (bicyclic) bond motifs is 7. The Labute approximate surface area is 181 Å². The molecule has 4 aliphatic carbocycles. The molecule has 4 fully saturated rings. The number of alkyl halides is 2. The van der Waals surface area contributed by atoms with Crippen LogP contribution in [0.5, 0.6) is 0 Å². The van der Waals surface area contributed by atoms with Crippen molar-refractivity contribution in [3.8, 4) is 0 Å². The molecular formula is C22H26ClFO4Se. The summed E-state index contributed by atoms with van der Waals surface area (Å²) >= 11 is 5.49. The number of hydrogen-bond acceptors (Lipinski definition) is 4. The monoisotopic (exact) mass is 488 g/mol. The SMILES string of the molecule is C[C@@]12C[C@H]3[C@@H]4CCC5=CC(=O)C=C[C@]5(C)[C@@]4(F)[C@@H](O)C[C@]3(C)[C@]1(C(=O)[Se]CCl)O2. The molecule has 0 bridgehead atoms. The summed E-state index contributed by atoms with van der Waals surface area (Å²) in [5.41, 5.74) is -4.26. The molecule has 0 spiro atoms. The number of carbonyl (C=O) groups is 2. The van der Waals surface area contributed by atoms with Crippen LogP contribution in [0.3, 0.4) is 0 Å². The maximum atomic E-state index is 17.0. The van der Waals surface area contributed by atoms with E-state index in [-0.39, 0.29) is 27.6 Å². The molecule has 1 aliphatic heterocycles. The number of hydrogen-bond donors (Lipinski definition) is 1. The van der Waals surface area contributed by atoms with E-state index in [1.165, 1.54) is 6.08 Å². The number of epoxide rings is 1. The van der Waals surface area contributed by atoms with Crippen molar-refractivity contribution < 1.29 is 23.8 Å². The Morgan fingerprint density at radius 3 is 2.76 bits per heavy atom. The van der Waals surface area contributed by atoms with Crippen molar-refractivity contribution in [1.82, 2.24) is 0 Å². The van der Waals surface area contributed by atoms with Gasteiger partial charge in [-0.3, -0.25) is 0 Å². The van der Waals surface area contributed by atoms with Crippen LogP contribution in [0.2, 0.25) is 0 Å². The molecule has 1 saturated heterocycles. The topological polar surface area (TPSA) is 66.9 Å². The quantitative estimate of drug-likeness (QED) is 0.378. The van der Waals surface area contributed by atoms with E-state index in [1.807, 2.05) is 20.8 Å². The van der Waals surface area contributed by atoms with Gasteiger partial charge in [0.1, 0.15) is 0 Å². The van der Waals surface area contributed by atoms with Crippen molar-refractivity contribution in [2.24, 2.45) is 22.7 Å². The van der Waals surface area contributed by atoms with E-state index in [4.69, 9.17) is 16.3 Å². The summed E-state index contributed by atoms with van der Waals surface area (Å²) in [6, 6.07) is 0. The number of allylic oxidation sites excluding steroid dienone is 4. The predicted octanol–water partition coefficient (Wildman–Crippen LogP) is 2.92. The van der Waals surface area contributed by atoms with Crippen molar-refractivity contribution in [2.45, 2.75) is 69.4 Å². The van der Waals surface area contributed by atoms with Crippen LogP contribution in [0.1, 0.15) is 46.5 Å². The summed E-state index contributed by atoms with van der Waals surface area (Å²) in [5, 5.41) is 11.3. The Kier molecular flexibility index (Phi) is 4.10. The fraction of sp³-hybridized carbons (Fsp3) is 0.727. The Balaban J connectivity index is 1.60. The van der Waals surface area contributed by atoms with Crippen LogP contribution in [0.4, 0.5) is 4.39 Å². The van der Waals surface area contributed by atoms with Crippen molar-refractivity contribution in [3.05, 3.63) is 23.8 Å². The third-order valence-corrected chi connectivity index (χ3v) is 10.9. The van der Waals surface area contributed by atoms with Gasteiger partial charge in [0, 0.05) is 0 Å². The number of ether oxygens (including phenoxy) is 1. The fourth-order valence-corrected chi connectivity index (χ4v) is 9.80. The zero-order valence-electron chi connectivity index (χ0n) is 16.8. The van der Waals surface area contributed by atoms with E-state index in [0.717, 1.165) is 5.57 Å². The summed E-state index contributed by atoms with van der Waals surface area (Å²) in [7, 11) is 0. The van der Waals surface area contributed by atoms with E-state index in [9.17, 15) is 14.7 Å². The van der Waals surface area contributed by atoms with Crippen molar-refractivity contribution >= 4 is 37.0 Å². The van der Waals surface area contributed by atoms with Crippen LogP contribution in [0, 0.1) is 22.7 Å². The van der Waals surface area contributed by atoms with Gasteiger partial charge in [0.2, 0.25) is 0 Å². The van der Waals surface area contributed by atoms with Crippen molar-refractivity contribution in [1.29, 1.82) is 0 Å². The van der Waals surface area contributed by atoms with Crippen LogP contribution >= 0.6 is 11.6 Å². The van der Waals surface area contributed by atoms with Crippen LogP contribution < -0.4 is 0 Å². The third kappa shape index (κ3) is 2.09. The van der Waals surface area contributed by atoms with Gasteiger partial charge < -0.3 is 0 Å². The average Bonchev–Trinajstić information content (AvgIpc) is 3.23. The minimum atomic E-state index is -1.87. The van der Waals surface area contributed by atoms with Gasteiger partial charge in [-0.1, -0.05) is 0 Å². The van der Waals surface area contributed by atoms with Gasteiger partial charge in [0.15, 0.2) is 0 Å². The van der Waals surface area contributed by atoms with Gasteiger partial charge in [0.25, 0.3) is 0 Å². The van der Waals surface area contributed by atoms with Gasteiger partial charge in [-0.2, -0.15) is 0 Å². The molecule has 1 heterocycles. The molecule has 0 unspecified atom stereocenters. The Hall–Kier alpha value is -0.521. The Bertz CT molecular complexity index is 890. The van der Waals surface area contributed by atoms with E-state index in [2.05, 4.69) is 0 Å². The average molecular weight is 488 g/mol. The predicted molar refractivity (Wildman–Crippen MR) is 107 cm³/mol. The Morgan fingerprint density at radius 1 is 1.34 bits per heavy atom. The first kappa shape index (κ1) is 20.4. The molecule has 3 saturated carbocycles. The number of carbonyl (C=O) groups excluding carboxylic acids is 2. The van der Waals surface area contributed by atoms with Crippen LogP contribution in [0.15, 0.2) is 23.8 Å².